The highest BCUT2D eigenvalue weighted by atomic mass is 19.4. The van der Waals surface area contributed by atoms with E-state index in [-0.39, 0.29) is 60.9 Å². The Hall–Kier alpha value is -6.98. The summed E-state index contributed by atoms with van der Waals surface area (Å²) in [5.41, 5.74) is 2.39. The maximum absolute atomic E-state index is 13.6. The summed E-state index contributed by atoms with van der Waals surface area (Å²) >= 11 is 0. The quantitative estimate of drug-likeness (QED) is 0.0467. The van der Waals surface area contributed by atoms with Gasteiger partial charge in [-0.25, -0.2) is 19.3 Å². The lowest BCUT2D eigenvalue weighted by Gasteiger charge is -2.26. The number of carboxylic acids is 1. The van der Waals surface area contributed by atoms with Gasteiger partial charge in [0.05, 0.1) is 79.3 Å². The second kappa shape index (κ2) is 23.7. The van der Waals surface area contributed by atoms with E-state index in [9.17, 15) is 51.3 Å². The van der Waals surface area contributed by atoms with Gasteiger partial charge in [-0.2, -0.15) is 46.5 Å². The third-order valence-electron chi connectivity index (χ3n) is 11.7. The average Bonchev–Trinajstić information content (AvgIpc) is 3.92. The minimum atomic E-state index is -4.56. The van der Waals surface area contributed by atoms with Gasteiger partial charge in [-0.1, -0.05) is 52.0 Å². The summed E-state index contributed by atoms with van der Waals surface area (Å²) < 4.78 is 99.9. The Balaban J connectivity index is 0.000000238. The van der Waals surface area contributed by atoms with Gasteiger partial charge in [0.1, 0.15) is 6.10 Å². The topological polar surface area (TPSA) is 230 Å². The maximum atomic E-state index is 13.6. The van der Waals surface area contributed by atoms with E-state index in [0.29, 0.717) is 59.0 Å². The van der Waals surface area contributed by atoms with Crippen LogP contribution in [0.15, 0.2) is 73.1 Å². The van der Waals surface area contributed by atoms with Gasteiger partial charge in [0.2, 0.25) is 0 Å². The van der Waals surface area contributed by atoms with Gasteiger partial charge in [0.15, 0.2) is 11.6 Å². The number of hydrogen-bond acceptors (Lipinski definition) is 14. The Labute approximate surface area is 415 Å². The predicted molar refractivity (Wildman–Crippen MR) is 251 cm³/mol. The van der Waals surface area contributed by atoms with Crippen molar-refractivity contribution in [1.29, 1.82) is 0 Å². The number of rotatable bonds is 18. The Kier molecular flexibility index (Phi) is 18.0. The molecule has 0 unspecified atom stereocenters. The predicted octanol–water partition coefficient (Wildman–Crippen LogP) is 8.48. The normalized spacial score (nSPS) is 15.9. The number of ether oxygens (including phenoxy) is 3. The monoisotopic (exact) mass is 1030 g/mol. The van der Waals surface area contributed by atoms with E-state index >= 15 is 0 Å². The number of carbonyl (C=O) groups is 2. The molecule has 73 heavy (non-hydrogen) atoms. The molecule has 0 amide bonds. The molecular weight excluding hydrogens is 971 g/mol. The first-order valence-corrected chi connectivity index (χ1v) is 23.3. The third kappa shape index (κ3) is 14.2. The molecule has 1 saturated heterocycles. The Morgan fingerprint density at radius 1 is 0.753 bits per heavy atom. The fourth-order valence-corrected chi connectivity index (χ4v) is 8.43. The zero-order valence-electron chi connectivity index (χ0n) is 40.7. The van der Waals surface area contributed by atoms with Crippen molar-refractivity contribution in [2.45, 2.75) is 128 Å². The van der Waals surface area contributed by atoms with Gasteiger partial charge < -0.3 is 34.6 Å². The van der Waals surface area contributed by atoms with Crippen LogP contribution >= 0.6 is 0 Å². The van der Waals surface area contributed by atoms with Crippen molar-refractivity contribution in [2.75, 3.05) is 14.2 Å². The minimum absolute atomic E-state index is 0.0449. The number of carbonyl (C=O) groups excluding carboxylic acids is 1. The second-order valence-electron chi connectivity index (χ2n) is 17.9. The number of nitrogens with zero attached hydrogens (tertiary/aromatic N) is 8. The SMILES string of the molecule is COc1nccc(-n2nc(C(C)C)c(CC[C@@H](O)C[C@@H](O)CC(=O)O)c2-c2cccc(C(F)(F)F)c2)n1.COc1nccc(-n2nc(C(C)C)c(CC[C@@H]3C[C@@H](O)CC(=O)O3)c2-c2cccc(C(F)(F)F)c2)n1. The van der Waals surface area contributed by atoms with Crippen molar-refractivity contribution in [3.8, 4) is 46.2 Å². The molecule has 7 rings (SSSR count). The van der Waals surface area contributed by atoms with E-state index in [1.165, 1.54) is 48.1 Å². The van der Waals surface area contributed by atoms with Gasteiger partial charge in [0.25, 0.3) is 0 Å². The van der Waals surface area contributed by atoms with Crippen molar-refractivity contribution < 1.29 is 70.6 Å². The average molecular weight is 1030 g/mol. The number of carboxylic acid groups (broad SMARTS) is 1. The third-order valence-corrected chi connectivity index (χ3v) is 11.7. The molecule has 0 saturated carbocycles. The lowest BCUT2D eigenvalue weighted by atomic mass is 9.93. The molecule has 1 fully saturated rings. The molecule has 0 spiro atoms. The van der Waals surface area contributed by atoms with Crippen molar-refractivity contribution in [3.63, 3.8) is 0 Å². The standard InChI is InChI=1S/C25H29F3N4O5.C25H27F3N4O4/c1-14(2)22-19(8-7-17(33)12-18(34)13-21(35)36)23(15-5-4-6-16(11-15)25(26,27)28)32(31-22)20-9-10-29-24(30-20)37-3;1-14(2)22-19(8-7-18-12-17(33)13-21(34)36-18)23(15-5-4-6-16(11-15)25(26,27)28)32(31-22)20-9-10-29-24(30-20)35-3/h4-6,9-11,14,17-18,33-34H,7-8,12-13H2,1-3H3,(H,35,36);4-6,9-11,14,17-18,33H,7-8,12-13H2,1-3H3/t2*17-,18-/m11/s1. The molecule has 1 aliphatic heterocycles. The van der Waals surface area contributed by atoms with Crippen molar-refractivity contribution in [2.24, 2.45) is 0 Å². The van der Waals surface area contributed by atoms with E-state index in [2.05, 4.69) is 25.0 Å². The highest BCUT2D eigenvalue weighted by Crippen LogP contribution is 2.39. The number of aliphatic hydroxyl groups excluding tert-OH is 3. The lowest BCUT2D eigenvalue weighted by Crippen LogP contribution is -2.32. The van der Waals surface area contributed by atoms with Crippen molar-refractivity contribution in [3.05, 3.63) is 107 Å². The number of esters is 1. The molecule has 4 aromatic heterocycles. The van der Waals surface area contributed by atoms with Gasteiger partial charge >= 0.3 is 36.3 Å². The number of benzene rings is 2. The summed E-state index contributed by atoms with van der Waals surface area (Å²) in [6.07, 6.45) is -9.00. The van der Waals surface area contributed by atoms with Crippen LogP contribution in [0.2, 0.25) is 0 Å². The summed E-state index contributed by atoms with van der Waals surface area (Å²) in [6.45, 7) is 7.66. The smallest absolute Gasteiger partial charge is 0.416 e. The Morgan fingerprint density at radius 3 is 1.66 bits per heavy atom. The summed E-state index contributed by atoms with van der Waals surface area (Å²) in [6, 6.07) is 13.2. The van der Waals surface area contributed by atoms with E-state index in [4.69, 9.17) is 24.4 Å². The first-order chi connectivity index (χ1) is 34.5. The van der Waals surface area contributed by atoms with Gasteiger partial charge in [-0.15, -0.1) is 0 Å². The summed E-state index contributed by atoms with van der Waals surface area (Å²) in [4.78, 5) is 39.3. The van der Waals surface area contributed by atoms with Crippen LogP contribution in [0.5, 0.6) is 12.0 Å². The van der Waals surface area contributed by atoms with Crippen LogP contribution in [0.25, 0.3) is 34.2 Å². The van der Waals surface area contributed by atoms with Crippen LogP contribution in [-0.4, -0.2) is 110 Å². The zero-order valence-corrected chi connectivity index (χ0v) is 40.7. The van der Waals surface area contributed by atoms with Crippen LogP contribution in [0, 0.1) is 0 Å². The molecule has 17 nitrogen and oxygen atoms in total. The highest BCUT2D eigenvalue weighted by Gasteiger charge is 2.34. The van der Waals surface area contributed by atoms with Crippen LogP contribution < -0.4 is 9.47 Å². The number of aliphatic hydroxyl groups is 3. The van der Waals surface area contributed by atoms with Crippen LogP contribution in [0.3, 0.4) is 0 Å². The fourth-order valence-electron chi connectivity index (χ4n) is 8.43. The van der Waals surface area contributed by atoms with Gasteiger partial charge in [-0.3, -0.25) is 9.59 Å². The minimum Gasteiger partial charge on any atom is -0.481 e. The Morgan fingerprint density at radius 2 is 1.23 bits per heavy atom. The van der Waals surface area contributed by atoms with Crippen LogP contribution in [0.1, 0.15) is 112 Å². The second-order valence-corrected chi connectivity index (χ2v) is 17.9. The first kappa shape index (κ1) is 55.3. The molecule has 0 bridgehead atoms. The number of aliphatic carboxylic acids is 1. The lowest BCUT2D eigenvalue weighted by molar-refractivity contribution is -0.160. The molecule has 2 aromatic carbocycles. The Bertz CT molecular complexity index is 2850. The molecule has 1 aliphatic rings. The highest BCUT2D eigenvalue weighted by molar-refractivity contribution is 5.71. The molecule has 23 heteroatoms. The largest absolute Gasteiger partial charge is 0.481 e. The van der Waals surface area contributed by atoms with Crippen LogP contribution in [0.4, 0.5) is 26.3 Å². The van der Waals surface area contributed by atoms with E-state index in [0.717, 1.165) is 29.8 Å². The van der Waals surface area contributed by atoms with Gasteiger partial charge in [-0.05, 0) is 68.2 Å². The van der Waals surface area contributed by atoms with E-state index in [1.54, 1.807) is 24.3 Å². The van der Waals surface area contributed by atoms with E-state index in [1.807, 2.05) is 27.7 Å². The van der Waals surface area contributed by atoms with Gasteiger partial charge in [0, 0.05) is 53.2 Å². The number of aromatic nitrogens is 8. The molecule has 0 radical (unpaired) electrons. The number of cyclic esters (lactones) is 1. The molecule has 4 atom stereocenters. The molecule has 5 heterocycles. The van der Waals surface area contributed by atoms with Crippen molar-refractivity contribution >= 4 is 11.9 Å². The molecule has 4 N–H and O–H groups in total. The summed E-state index contributed by atoms with van der Waals surface area (Å²) in [7, 11) is 2.81. The number of alkyl halides is 6. The summed E-state index contributed by atoms with van der Waals surface area (Å²) in [5.74, 6) is -1.22. The first-order valence-electron chi connectivity index (χ1n) is 23.3. The van der Waals surface area contributed by atoms with E-state index < -0.39 is 66.3 Å². The number of halogens is 6. The van der Waals surface area contributed by atoms with Crippen LogP contribution in [-0.2, 0) is 39.5 Å². The summed E-state index contributed by atoms with van der Waals surface area (Å²) in [5, 5.41) is 48.6. The number of hydrogen-bond donors (Lipinski definition) is 4. The fraction of sp³-hybridized carbons (Fsp3) is 0.440. The maximum Gasteiger partial charge on any atom is 0.416 e. The zero-order chi connectivity index (χ0) is 53.4. The number of methoxy groups -OCH3 is 2. The van der Waals surface area contributed by atoms with Crippen molar-refractivity contribution in [1.82, 2.24) is 39.5 Å². The molecule has 6 aromatic rings. The molecule has 0 aliphatic carbocycles. The molecule has 392 valence electrons. The molecular formula is C50H56F6N8O9.